The van der Waals surface area contributed by atoms with E-state index in [4.69, 9.17) is 16.9 Å². The minimum Gasteiger partial charge on any atom is -0.330 e. The van der Waals surface area contributed by atoms with E-state index in [2.05, 4.69) is 30.9 Å². The topological polar surface area (TPSA) is 115 Å². The zero-order chi connectivity index (χ0) is 19.9. The van der Waals surface area contributed by atoms with Gasteiger partial charge in [0, 0.05) is 16.0 Å². The standard InChI is InChI=1S/C18H20ClN7O/c1-18(2,3)16(25-15(27)12-4-6-13(19)7-5-12)26-17(23-10-20)24-14-8-21-11-22-9-14/h4-9,11,16H,1-3H3,(H,25,27)(H2,23,24,26). The van der Waals surface area contributed by atoms with Crippen molar-refractivity contribution >= 4 is 29.2 Å². The van der Waals surface area contributed by atoms with Crippen LogP contribution in [0.2, 0.25) is 5.02 Å². The molecule has 3 N–H and O–H groups in total. The Morgan fingerprint density at radius 2 is 1.85 bits per heavy atom. The van der Waals surface area contributed by atoms with Crippen molar-refractivity contribution in [2.45, 2.75) is 26.9 Å². The average Bonchev–Trinajstić information content (AvgIpc) is 2.62. The number of rotatable bonds is 4. The zero-order valence-corrected chi connectivity index (χ0v) is 15.9. The quantitative estimate of drug-likeness (QED) is 0.322. The maximum Gasteiger partial charge on any atom is 0.252 e. The number of aliphatic imine (C=N–C) groups is 1. The van der Waals surface area contributed by atoms with Crippen LogP contribution in [0, 0.1) is 16.9 Å². The molecule has 0 aliphatic rings. The number of nitrogens with zero attached hydrogens (tertiary/aromatic N) is 4. The molecule has 1 heterocycles. The van der Waals surface area contributed by atoms with Gasteiger partial charge in [-0.15, -0.1) is 0 Å². The lowest BCUT2D eigenvalue weighted by atomic mass is 9.92. The van der Waals surface area contributed by atoms with Gasteiger partial charge in [0.25, 0.3) is 5.91 Å². The summed E-state index contributed by atoms with van der Waals surface area (Å²) in [7, 11) is 0. The first-order chi connectivity index (χ1) is 12.8. The second kappa shape index (κ2) is 8.96. The minimum atomic E-state index is -0.617. The number of anilines is 1. The molecular formula is C18H20ClN7O. The Hall–Kier alpha value is -3.18. The number of benzene rings is 1. The summed E-state index contributed by atoms with van der Waals surface area (Å²) in [6.45, 7) is 5.79. The Bertz CT molecular complexity index is 839. The molecule has 8 nitrogen and oxygen atoms in total. The first-order valence-electron chi connectivity index (χ1n) is 8.11. The summed E-state index contributed by atoms with van der Waals surface area (Å²) in [6.07, 6.45) is 5.68. The van der Waals surface area contributed by atoms with Gasteiger partial charge in [-0.05, 0) is 24.3 Å². The van der Waals surface area contributed by atoms with Crippen LogP contribution in [0.4, 0.5) is 5.69 Å². The number of halogens is 1. The van der Waals surface area contributed by atoms with E-state index in [9.17, 15) is 4.79 Å². The van der Waals surface area contributed by atoms with Crippen molar-refractivity contribution in [2.24, 2.45) is 10.4 Å². The Balaban J connectivity index is 2.25. The van der Waals surface area contributed by atoms with Crippen molar-refractivity contribution in [3.05, 3.63) is 53.6 Å². The number of aromatic nitrogens is 2. The van der Waals surface area contributed by atoms with Crippen LogP contribution in [0.3, 0.4) is 0 Å². The van der Waals surface area contributed by atoms with Crippen molar-refractivity contribution in [3.63, 3.8) is 0 Å². The fourth-order valence-electron chi connectivity index (χ4n) is 2.03. The smallest absolute Gasteiger partial charge is 0.252 e. The van der Waals surface area contributed by atoms with Crippen LogP contribution in [-0.4, -0.2) is 28.0 Å². The number of hydrogen-bond acceptors (Lipinski definition) is 5. The van der Waals surface area contributed by atoms with Crippen LogP contribution in [0.5, 0.6) is 0 Å². The van der Waals surface area contributed by atoms with E-state index >= 15 is 0 Å². The van der Waals surface area contributed by atoms with E-state index in [0.717, 1.165) is 0 Å². The first kappa shape index (κ1) is 20.1. The molecule has 0 spiro atoms. The maximum absolute atomic E-state index is 12.6. The van der Waals surface area contributed by atoms with Crippen LogP contribution in [0.15, 0.2) is 48.0 Å². The zero-order valence-electron chi connectivity index (χ0n) is 15.2. The first-order valence-corrected chi connectivity index (χ1v) is 8.49. The normalized spacial score (nSPS) is 12.6. The van der Waals surface area contributed by atoms with Crippen molar-refractivity contribution in [1.82, 2.24) is 20.6 Å². The van der Waals surface area contributed by atoms with Crippen LogP contribution in [0.1, 0.15) is 31.1 Å². The number of amides is 1. The summed E-state index contributed by atoms with van der Waals surface area (Å²) in [5.41, 5.74) is 0.595. The fraction of sp³-hybridized carbons (Fsp3) is 0.278. The number of guanidine groups is 1. The average molecular weight is 386 g/mol. The highest BCUT2D eigenvalue weighted by Gasteiger charge is 2.27. The number of carbonyl (C=O) groups is 1. The second-order valence-corrected chi connectivity index (χ2v) is 7.15. The summed E-state index contributed by atoms with van der Waals surface area (Å²) in [4.78, 5) is 24.8. The summed E-state index contributed by atoms with van der Waals surface area (Å²) < 4.78 is 0. The molecule has 1 aromatic heterocycles. The van der Waals surface area contributed by atoms with Crippen LogP contribution >= 0.6 is 11.6 Å². The number of hydrogen-bond donors (Lipinski definition) is 3. The van der Waals surface area contributed by atoms with E-state index in [1.165, 1.54) is 6.33 Å². The SMILES string of the molecule is CC(C)(C)C(N=C(NC#N)Nc1cncnc1)NC(=O)c1ccc(Cl)cc1. The van der Waals surface area contributed by atoms with Gasteiger partial charge in [-0.3, -0.25) is 10.1 Å². The second-order valence-electron chi connectivity index (χ2n) is 6.72. The van der Waals surface area contributed by atoms with Crippen molar-refractivity contribution < 1.29 is 4.79 Å². The third-order valence-corrected chi connectivity index (χ3v) is 3.70. The van der Waals surface area contributed by atoms with Gasteiger partial charge in [0.05, 0.1) is 18.1 Å². The van der Waals surface area contributed by atoms with Gasteiger partial charge in [0.15, 0.2) is 6.19 Å². The number of nitriles is 1. The summed E-state index contributed by atoms with van der Waals surface area (Å²) >= 11 is 5.86. The molecule has 0 aliphatic carbocycles. The molecule has 0 aliphatic heterocycles. The highest BCUT2D eigenvalue weighted by molar-refractivity contribution is 6.30. The largest absolute Gasteiger partial charge is 0.330 e. The molecule has 1 unspecified atom stereocenters. The summed E-state index contributed by atoms with van der Waals surface area (Å²) in [5.74, 6) is -0.127. The predicted octanol–water partition coefficient (Wildman–Crippen LogP) is 2.77. The lowest BCUT2D eigenvalue weighted by molar-refractivity contribution is 0.0906. The molecule has 0 bridgehead atoms. The van der Waals surface area contributed by atoms with E-state index in [1.807, 2.05) is 27.0 Å². The Morgan fingerprint density at radius 1 is 1.22 bits per heavy atom. The predicted molar refractivity (Wildman–Crippen MR) is 104 cm³/mol. The van der Waals surface area contributed by atoms with Gasteiger partial charge < -0.3 is 10.6 Å². The molecule has 1 aromatic carbocycles. The van der Waals surface area contributed by atoms with Crippen LogP contribution in [-0.2, 0) is 0 Å². The van der Waals surface area contributed by atoms with Crippen LogP contribution < -0.4 is 16.0 Å². The number of nitrogens with one attached hydrogen (secondary N) is 3. The van der Waals surface area contributed by atoms with Gasteiger partial charge in [-0.25, -0.2) is 15.0 Å². The molecule has 1 atom stereocenters. The molecule has 2 rings (SSSR count). The molecule has 2 aromatic rings. The third kappa shape index (κ3) is 6.24. The highest BCUT2D eigenvalue weighted by atomic mass is 35.5. The molecule has 1 amide bonds. The lowest BCUT2D eigenvalue weighted by Gasteiger charge is -2.28. The van der Waals surface area contributed by atoms with E-state index < -0.39 is 11.6 Å². The van der Waals surface area contributed by atoms with E-state index in [1.54, 1.807) is 36.7 Å². The van der Waals surface area contributed by atoms with Crippen molar-refractivity contribution in [3.8, 4) is 6.19 Å². The molecule has 27 heavy (non-hydrogen) atoms. The van der Waals surface area contributed by atoms with E-state index in [-0.39, 0.29) is 11.9 Å². The van der Waals surface area contributed by atoms with Crippen molar-refractivity contribution in [2.75, 3.05) is 5.32 Å². The molecule has 0 saturated carbocycles. The third-order valence-electron chi connectivity index (χ3n) is 3.45. The Morgan fingerprint density at radius 3 is 2.41 bits per heavy atom. The monoisotopic (exact) mass is 385 g/mol. The molecular weight excluding hydrogens is 366 g/mol. The molecule has 140 valence electrons. The lowest BCUT2D eigenvalue weighted by Crippen LogP contribution is -2.44. The van der Waals surface area contributed by atoms with Gasteiger partial charge in [0.1, 0.15) is 12.5 Å². The van der Waals surface area contributed by atoms with Crippen LogP contribution in [0.25, 0.3) is 0 Å². The van der Waals surface area contributed by atoms with Gasteiger partial charge in [-0.1, -0.05) is 32.4 Å². The van der Waals surface area contributed by atoms with Gasteiger partial charge in [-0.2, -0.15) is 5.26 Å². The Kier molecular flexibility index (Phi) is 6.68. The van der Waals surface area contributed by atoms with Gasteiger partial charge >= 0.3 is 0 Å². The highest BCUT2D eigenvalue weighted by Crippen LogP contribution is 2.21. The minimum absolute atomic E-state index is 0.170. The van der Waals surface area contributed by atoms with E-state index in [0.29, 0.717) is 16.3 Å². The number of carbonyl (C=O) groups excluding carboxylic acids is 1. The summed E-state index contributed by atoms with van der Waals surface area (Å²) in [6, 6.07) is 6.56. The molecule has 9 heteroatoms. The van der Waals surface area contributed by atoms with Gasteiger partial charge in [0.2, 0.25) is 5.96 Å². The molecule has 0 fully saturated rings. The molecule has 0 saturated heterocycles. The Labute approximate surface area is 162 Å². The molecule has 0 radical (unpaired) electrons. The summed E-state index contributed by atoms with van der Waals surface area (Å²) in [5, 5.41) is 17.8. The van der Waals surface area contributed by atoms with Crippen molar-refractivity contribution in [1.29, 1.82) is 5.26 Å². The fourth-order valence-corrected chi connectivity index (χ4v) is 2.16. The maximum atomic E-state index is 12.6.